The molecule has 3 aromatic heterocycles. The molecule has 1 aliphatic rings. The number of carbonyl (C=O) groups is 1. The van der Waals surface area contributed by atoms with E-state index in [0.29, 0.717) is 30.4 Å². The molecule has 0 radical (unpaired) electrons. The van der Waals surface area contributed by atoms with Crippen molar-refractivity contribution >= 4 is 11.7 Å². The van der Waals surface area contributed by atoms with Crippen molar-refractivity contribution < 1.29 is 9.53 Å². The van der Waals surface area contributed by atoms with Gasteiger partial charge in [0.15, 0.2) is 0 Å². The standard InChI is InChI=1S/C27H26N6O2/c1-18-5-2-3-7-23(18)35-26-25(29-12-13-30-26)21-6-4-14-33(17-21)27(34)20-8-10-22(31-16-20)19-9-11-24(28)32-15-19/h2-3,5,7-13,15-16,21H,4,6,14,17H2,1H3,(H2,28,32)/t21-/m1/s1. The summed E-state index contributed by atoms with van der Waals surface area (Å²) in [5.74, 6) is 1.68. The molecule has 4 aromatic rings. The highest BCUT2D eigenvalue weighted by Crippen LogP contribution is 2.34. The lowest BCUT2D eigenvalue weighted by atomic mass is 9.94. The van der Waals surface area contributed by atoms with Gasteiger partial charge in [-0.25, -0.2) is 9.97 Å². The van der Waals surface area contributed by atoms with Gasteiger partial charge in [0, 0.05) is 49.4 Å². The zero-order valence-corrected chi connectivity index (χ0v) is 19.5. The Kier molecular flexibility index (Phi) is 6.34. The summed E-state index contributed by atoms with van der Waals surface area (Å²) in [6.45, 7) is 3.23. The van der Waals surface area contributed by atoms with Gasteiger partial charge in [-0.2, -0.15) is 0 Å². The Morgan fingerprint density at radius 2 is 1.86 bits per heavy atom. The van der Waals surface area contributed by atoms with E-state index >= 15 is 0 Å². The molecule has 8 heteroatoms. The van der Waals surface area contributed by atoms with Gasteiger partial charge in [0.05, 0.1) is 11.3 Å². The van der Waals surface area contributed by atoms with Crippen LogP contribution in [0.2, 0.25) is 0 Å². The predicted molar refractivity (Wildman–Crippen MR) is 133 cm³/mol. The predicted octanol–water partition coefficient (Wildman–Crippen LogP) is 4.64. The molecule has 1 fully saturated rings. The summed E-state index contributed by atoms with van der Waals surface area (Å²) in [5.41, 5.74) is 9.60. The molecule has 2 N–H and O–H groups in total. The van der Waals surface area contributed by atoms with Gasteiger partial charge in [-0.3, -0.25) is 14.8 Å². The van der Waals surface area contributed by atoms with Crippen LogP contribution in [0.4, 0.5) is 5.82 Å². The Hall–Kier alpha value is -4.33. The molecule has 35 heavy (non-hydrogen) atoms. The highest BCUT2D eigenvalue weighted by molar-refractivity contribution is 5.94. The third-order valence-electron chi connectivity index (χ3n) is 6.18. The Morgan fingerprint density at radius 3 is 2.63 bits per heavy atom. The lowest BCUT2D eigenvalue weighted by Gasteiger charge is -2.32. The highest BCUT2D eigenvalue weighted by atomic mass is 16.5. The largest absolute Gasteiger partial charge is 0.437 e. The number of pyridine rings is 2. The molecule has 1 saturated heterocycles. The molecule has 1 aliphatic heterocycles. The maximum absolute atomic E-state index is 13.3. The number of ether oxygens (including phenoxy) is 1. The van der Waals surface area contributed by atoms with Crippen LogP contribution in [-0.4, -0.2) is 43.8 Å². The van der Waals surface area contributed by atoms with Crippen molar-refractivity contribution in [3.8, 4) is 22.9 Å². The molecule has 1 amide bonds. The average molecular weight is 467 g/mol. The van der Waals surface area contributed by atoms with Gasteiger partial charge >= 0.3 is 0 Å². The number of benzene rings is 1. The van der Waals surface area contributed by atoms with Gasteiger partial charge in [0.1, 0.15) is 17.3 Å². The summed E-state index contributed by atoms with van der Waals surface area (Å²) >= 11 is 0. The van der Waals surface area contributed by atoms with Gasteiger partial charge in [0.25, 0.3) is 5.91 Å². The van der Waals surface area contributed by atoms with Gasteiger partial charge in [-0.05, 0) is 55.7 Å². The maximum Gasteiger partial charge on any atom is 0.255 e. The zero-order chi connectivity index (χ0) is 24.2. The number of aromatic nitrogens is 4. The molecule has 4 heterocycles. The molecule has 176 valence electrons. The highest BCUT2D eigenvalue weighted by Gasteiger charge is 2.29. The van der Waals surface area contributed by atoms with Gasteiger partial charge in [0.2, 0.25) is 5.88 Å². The fourth-order valence-electron chi connectivity index (χ4n) is 4.29. The molecule has 1 aromatic carbocycles. The molecule has 0 unspecified atom stereocenters. The number of aryl methyl sites for hydroxylation is 1. The molecular formula is C27H26N6O2. The Bertz CT molecular complexity index is 1320. The van der Waals surface area contributed by atoms with E-state index in [9.17, 15) is 4.79 Å². The molecule has 5 rings (SSSR count). The van der Waals surface area contributed by atoms with E-state index in [1.165, 1.54) is 0 Å². The van der Waals surface area contributed by atoms with Crippen LogP contribution in [0.3, 0.4) is 0 Å². The first-order chi connectivity index (χ1) is 17.1. The van der Waals surface area contributed by atoms with Crippen LogP contribution < -0.4 is 10.5 Å². The maximum atomic E-state index is 13.3. The second-order valence-corrected chi connectivity index (χ2v) is 8.61. The fraction of sp³-hybridized carbons (Fsp3) is 0.222. The molecule has 0 spiro atoms. The molecular weight excluding hydrogens is 440 g/mol. The minimum atomic E-state index is -0.0468. The number of para-hydroxylation sites is 1. The van der Waals surface area contributed by atoms with E-state index in [4.69, 9.17) is 10.5 Å². The summed E-state index contributed by atoms with van der Waals surface area (Å²) in [6.07, 6.45) is 8.38. The Labute approximate surface area is 203 Å². The van der Waals surface area contributed by atoms with Crippen molar-refractivity contribution in [3.05, 3.63) is 90.1 Å². The number of hydrogen-bond donors (Lipinski definition) is 1. The lowest BCUT2D eigenvalue weighted by Crippen LogP contribution is -2.39. The van der Waals surface area contributed by atoms with E-state index in [1.54, 1.807) is 36.9 Å². The third kappa shape index (κ3) is 4.96. The second kappa shape index (κ2) is 9.89. The van der Waals surface area contributed by atoms with Gasteiger partial charge in [-0.15, -0.1) is 0 Å². The van der Waals surface area contributed by atoms with Crippen LogP contribution in [0.5, 0.6) is 11.6 Å². The monoisotopic (exact) mass is 466 g/mol. The summed E-state index contributed by atoms with van der Waals surface area (Å²) in [4.78, 5) is 32.8. The summed E-state index contributed by atoms with van der Waals surface area (Å²) in [7, 11) is 0. The number of nitrogens with zero attached hydrogens (tertiary/aromatic N) is 5. The SMILES string of the molecule is Cc1ccccc1Oc1nccnc1[C@@H]1CCCN(C(=O)c2ccc(-c3ccc(N)nc3)nc2)C1. The fourth-order valence-corrected chi connectivity index (χ4v) is 4.29. The topological polar surface area (TPSA) is 107 Å². The molecule has 8 nitrogen and oxygen atoms in total. The van der Waals surface area contributed by atoms with Crippen LogP contribution in [0.15, 0.2) is 73.3 Å². The molecule has 0 aliphatic carbocycles. The van der Waals surface area contributed by atoms with Gasteiger partial charge in [-0.1, -0.05) is 18.2 Å². The average Bonchev–Trinajstić information content (AvgIpc) is 2.90. The first kappa shape index (κ1) is 22.5. The molecule has 1 atom stereocenters. The number of likely N-dealkylation sites (tertiary alicyclic amines) is 1. The number of amides is 1. The minimum absolute atomic E-state index is 0.0357. The Morgan fingerprint density at radius 1 is 1.00 bits per heavy atom. The van der Waals surface area contributed by atoms with E-state index in [-0.39, 0.29) is 11.8 Å². The zero-order valence-electron chi connectivity index (χ0n) is 19.5. The number of carbonyl (C=O) groups excluding carboxylic acids is 1. The van der Waals surface area contributed by atoms with Crippen molar-refractivity contribution in [1.82, 2.24) is 24.8 Å². The molecule has 0 bridgehead atoms. The lowest BCUT2D eigenvalue weighted by molar-refractivity contribution is 0.0704. The molecule has 0 saturated carbocycles. The van der Waals surface area contributed by atoms with Crippen LogP contribution in [0.25, 0.3) is 11.3 Å². The van der Waals surface area contributed by atoms with E-state index in [0.717, 1.165) is 41.1 Å². The Balaban J connectivity index is 1.32. The van der Waals surface area contributed by atoms with Crippen molar-refractivity contribution in [2.24, 2.45) is 0 Å². The quantitative estimate of drug-likeness (QED) is 0.457. The summed E-state index contributed by atoms with van der Waals surface area (Å²) in [6, 6.07) is 15.0. The number of piperidine rings is 1. The normalized spacial score (nSPS) is 15.6. The van der Waals surface area contributed by atoms with Crippen molar-refractivity contribution in [2.75, 3.05) is 18.8 Å². The number of nitrogens with two attached hydrogens (primary N) is 1. The van der Waals surface area contributed by atoms with Crippen LogP contribution in [-0.2, 0) is 0 Å². The number of rotatable bonds is 5. The van der Waals surface area contributed by atoms with Crippen molar-refractivity contribution in [3.63, 3.8) is 0 Å². The van der Waals surface area contributed by atoms with Crippen LogP contribution in [0, 0.1) is 6.92 Å². The van der Waals surface area contributed by atoms with Gasteiger partial charge < -0.3 is 15.4 Å². The van der Waals surface area contributed by atoms with E-state index < -0.39 is 0 Å². The van der Waals surface area contributed by atoms with Crippen molar-refractivity contribution in [2.45, 2.75) is 25.7 Å². The first-order valence-electron chi connectivity index (χ1n) is 11.6. The summed E-state index contributed by atoms with van der Waals surface area (Å²) < 4.78 is 6.14. The third-order valence-corrected chi connectivity index (χ3v) is 6.18. The first-order valence-corrected chi connectivity index (χ1v) is 11.6. The number of hydrogen-bond acceptors (Lipinski definition) is 7. The minimum Gasteiger partial charge on any atom is -0.437 e. The number of anilines is 1. The second-order valence-electron chi connectivity index (χ2n) is 8.61. The number of nitrogen functional groups attached to an aromatic ring is 1. The smallest absolute Gasteiger partial charge is 0.255 e. The van der Waals surface area contributed by atoms with E-state index in [2.05, 4.69) is 19.9 Å². The van der Waals surface area contributed by atoms with Crippen LogP contribution >= 0.6 is 0 Å². The summed E-state index contributed by atoms with van der Waals surface area (Å²) in [5, 5.41) is 0. The van der Waals surface area contributed by atoms with Crippen molar-refractivity contribution in [1.29, 1.82) is 0 Å². The van der Waals surface area contributed by atoms with Crippen LogP contribution in [0.1, 0.15) is 40.4 Å². The van der Waals surface area contributed by atoms with E-state index in [1.807, 2.05) is 48.2 Å².